The highest BCUT2D eigenvalue weighted by Crippen LogP contribution is 2.22. The number of anilines is 2. The van der Waals surface area contributed by atoms with Gasteiger partial charge in [0.25, 0.3) is 5.91 Å². The highest BCUT2D eigenvalue weighted by atomic mass is 32.2. The predicted molar refractivity (Wildman–Crippen MR) is 93.0 cm³/mol. The molecule has 1 saturated heterocycles. The van der Waals surface area contributed by atoms with Crippen LogP contribution >= 0.6 is 0 Å². The Morgan fingerprint density at radius 2 is 2.04 bits per heavy atom. The molecule has 1 fully saturated rings. The topological polar surface area (TPSA) is 79.4 Å². The quantitative estimate of drug-likeness (QED) is 0.880. The van der Waals surface area contributed by atoms with Crippen molar-refractivity contribution in [3.8, 4) is 0 Å². The Labute approximate surface area is 149 Å². The molecular formula is C17H17F2N3O3S. The fourth-order valence-corrected chi connectivity index (χ4v) is 4.57. The fourth-order valence-electron chi connectivity index (χ4n) is 2.80. The maximum atomic E-state index is 13.8. The van der Waals surface area contributed by atoms with Gasteiger partial charge < -0.3 is 10.2 Å². The molecular weight excluding hydrogens is 364 g/mol. The molecule has 0 aliphatic carbocycles. The number of carbonyl (C=O) groups excluding carboxylic acids is 1. The number of nitrogens with zero attached hydrogens (tertiary/aromatic N) is 2. The number of sulfone groups is 1. The summed E-state index contributed by atoms with van der Waals surface area (Å²) < 4.78 is 49.9. The third-order valence-electron chi connectivity index (χ3n) is 4.27. The van der Waals surface area contributed by atoms with Crippen molar-refractivity contribution in [3.63, 3.8) is 0 Å². The minimum Gasteiger partial charge on any atom is -0.353 e. The maximum Gasteiger partial charge on any atom is 0.272 e. The number of benzene rings is 1. The molecule has 0 radical (unpaired) electrons. The van der Waals surface area contributed by atoms with Gasteiger partial charge in [0.1, 0.15) is 17.3 Å². The molecule has 1 N–H and O–H groups in total. The number of carbonyl (C=O) groups is 1. The van der Waals surface area contributed by atoms with Crippen LogP contribution in [0.2, 0.25) is 0 Å². The lowest BCUT2D eigenvalue weighted by atomic mass is 10.2. The normalized spacial score (nSPS) is 18.5. The molecule has 26 heavy (non-hydrogen) atoms. The summed E-state index contributed by atoms with van der Waals surface area (Å²) in [5, 5.41) is 2.77. The standard InChI is InChI=1S/C17H17F2N3O3S/c1-22(13-5-7-26(24,25)10-13)17(23)16-9-12(4-6-20-16)21-15-3-2-11(18)8-14(15)19/h2-4,6,8-9,13H,5,7,10H2,1H3,(H,20,21). The first-order chi connectivity index (χ1) is 12.2. The zero-order chi connectivity index (χ0) is 18.9. The number of pyridine rings is 1. The number of halogens is 2. The minimum absolute atomic E-state index is 0.0613. The fraction of sp³-hybridized carbons (Fsp3) is 0.294. The van der Waals surface area contributed by atoms with Crippen molar-refractivity contribution in [2.75, 3.05) is 23.9 Å². The van der Waals surface area contributed by atoms with E-state index in [2.05, 4.69) is 10.3 Å². The van der Waals surface area contributed by atoms with Crippen LogP contribution in [0.15, 0.2) is 36.5 Å². The molecule has 0 bridgehead atoms. The van der Waals surface area contributed by atoms with E-state index in [0.717, 1.165) is 12.1 Å². The van der Waals surface area contributed by atoms with Crippen molar-refractivity contribution in [2.45, 2.75) is 12.5 Å². The van der Waals surface area contributed by atoms with Crippen LogP contribution in [-0.4, -0.2) is 48.8 Å². The summed E-state index contributed by atoms with van der Waals surface area (Å²) in [7, 11) is -1.58. The Hall–Kier alpha value is -2.55. The lowest BCUT2D eigenvalue weighted by Crippen LogP contribution is -2.38. The largest absolute Gasteiger partial charge is 0.353 e. The molecule has 1 aromatic heterocycles. The highest BCUT2D eigenvalue weighted by molar-refractivity contribution is 7.91. The van der Waals surface area contributed by atoms with E-state index in [0.29, 0.717) is 12.1 Å². The minimum atomic E-state index is -3.11. The van der Waals surface area contributed by atoms with Gasteiger partial charge in [-0.05, 0) is 30.7 Å². The van der Waals surface area contributed by atoms with Crippen LogP contribution in [0.25, 0.3) is 0 Å². The van der Waals surface area contributed by atoms with Crippen molar-refractivity contribution >= 4 is 27.1 Å². The molecule has 1 aliphatic rings. The second-order valence-corrected chi connectivity index (χ2v) is 8.38. The lowest BCUT2D eigenvalue weighted by molar-refractivity contribution is 0.0742. The number of nitrogens with one attached hydrogen (secondary N) is 1. The summed E-state index contributed by atoms with van der Waals surface area (Å²) in [5.74, 6) is -1.87. The van der Waals surface area contributed by atoms with E-state index in [9.17, 15) is 22.0 Å². The summed E-state index contributed by atoms with van der Waals surface area (Å²) in [5.41, 5.74) is 0.567. The molecule has 2 aromatic rings. The Morgan fingerprint density at radius 1 is 1.27 bits per heavy atom. The van der Waals surface area contributed by atoms with Gasteiger partial charge in [0.15, 0.2) is 9.84 Å². The molecule has 1 unspecified atom stereocenters. The van der Waals surface area contributed by atoms with Crippen LogP contribution < -0.4 is 5.32 Å². The first-order valence-electron chi connectivity index (χ1n) is 7.91. The summed E-state index contributed by atoms with van der Waals surface area (Å²) in [6, 6.07) is 5.71. The van der Waals surface area contributed by atoms with E-state index in [-0.39, 0.29) is 28.9 Å². The van der Waals surface area contributed by atoms with Gasteiger partial charge in [-0.3, -0.25) is 9.78 Å². The van der Waals surface area contributed by atoms with Gasteiger partial charge in [0, 0.05) is 31.0 Å². The number of amides is 1. The SMILES string of the molecule is CN(C(=O)c1cc(Nc2ccc(F)cc2F)ccn1)C1CCS(=O)(=O)C1. The molecule has 0 spiro atoms. The highest BCUT2D eigenvalue weighted by Gasteiger charge is 2.33. The van der Waals surface area contributed by atoms with Gasteiger partial charge >= 0.3 is 0 Å². The molecule has 6 nitrogen and oxygen atoms in total. The Balaban J connectivity index is 1.77. The van der Waals surface area contributed by atoms with Crippen molar-refractivity contribution in [3.05, 3.63) is 53.9 Å². The molecule has 1 atom stereocenters. The van der Waals surface area contributed by atoms with Crippen molar-refractivity contribution in [2.24, 2.45) is 0 Å². The second kappa shape index (κ2) is 6.99. The zero-order valence-corrected chi connectivity index (χ0v) is 14.8. The van der Waals surface area contributed by atoms with Crippen LogP contribution in [0, 0.1) is 11.6 Å². The summed E-state index contributed by atoms with van der Waals surface area (Å²) in [6.07, 6.45) is 1.78. The van der Waals surface area contributed by atoms with Gasteiger partial charge in [-0.1, -0.05) is 0 Å². The van der Waals surface area contributed by atoms with Gasteiger partial charge in [-0.15, -0.1) is 0 Å². The van der Waals surface area contributed by atoms with Crippen LogP contribution in [0.5, 0.6) is 0 Å². The maximum absolute atomic E-state index is 13.8. The molecule has 9 heteroatoms. The van der Waals surface area contributed by atoms with Crippen molar-refractivity contribution in [1.29, 1.82) is 0 Å². The molecule has 1 aliphatic heterocycles. The number of hydrogen-bond acceptors (Lipinski definition) is 5. The third-order valence-corrected chi connectivity index (χ3v) is 6.02. The van der Waals surface area contributed by atoms with Crippen LogP contribution in [0.4, 0.5) is 20.2 Å². The Morgan fingerprint density at radius 3 is 2.69 bits per heavy atom. The van der Waals surface area contributed by atoms with Gasteiger partial charge in [0.05, 0.1) is 17.2 Å². The summed E-state index contributed by atoms with van der Waals surface area (Å²) >= 11 is 0. The third kappa shape index (κ3) is 3.98. The average molecular weight is 381 g/mol. The summed E-state index contributed by atoms with van der Waals surface area (Å²) in [6.45, 7) is 0. The monoisotopic (exact) mass is 381 g/mol. The molecule has 138 valence electrons. The number of aromatic nitrogens is 1. The number of hydrogen-bond donors (Lipinski definition) is 1. The van der Waals surface area contributed by atoms with E-state index in [1.165, 1.54) is 30.3 Å². The zero-order valence-electron chi connectivity index (χ0n) is 13.9. The molecule has 2 heterocycles. The van der Waals surface area contributed by atoms with Crippen LogP contribution in [-0.2, 0) is 9.84 Å². The molecule has 1 aromatic carbocycles. The Bertz CT molecular complexity index is 950. The van der Waals surface area contributed by atoms with Gasteiger partial charge in [-0.2, -0.15) is 0 Å². The average Bonchev–Trinajstić information content (AvgIpc) is 2.96. The molecule has 3 rings (SSSR count). The predicted octanol–water partition coefficient (Wildman–Crippen LogP) is 2.36. The van der Waals surface area contributed by atoms with Crippen molar-refractivity contribution in [1.82, 2.24) is 9.88 Å². The Kier molecular flexibility index (Phi) is 4.90. The van der Waals surface area contributed by atoms with Crippen LogP contribution in [0.3, 0.4) is 0 Å². The summed E-state index contributed by atoms with van der Waals surface area (Å²) in [4.78, 5) is 18.0. The lowest BCUT2D eigenvalue weighted by Gasteiger charge is -2.23. The van der Waals surface area contributed by atoms with Crippen LogP contribution in [0.1, 0.15) is 16.9 Å². The van der Waals surface area contributed by atoms with E-state index < -0.39 is 27.4 Å². The van der Waals surface area contributed by atoms with E-state index >= 15 is 0 Å². The first-order valence-corrected chi connectivity index (χ1v) is 9.73. The molecule has 1 amide bonds. The molecule has 0 saturated carbocycles. The number of rotatable bonds is 4. The van der Waals surface area contributed by atoms with Crippen molar-refractivity contribution < 1.29 is 22.0 Å². The second-order valence-electron chi connectivity index (χ2n) is 6.15. The van der Waals surface area contributed by atoms with E-state index in [1.54, 1.807) is 6.07 Å². The first kappa shape index (κ1) is 18.2. The van der Waals surface area contributed by atoms with E-state index in [1.807, 2.05) is 0 Å². The smallest absolute Gasteiger partial charge is 0.272 e. The van der Waals surface area contributed by atoms with E-state index in [4.69, 9.17) is 0 Å². The van der Waals surface area contributed by atoms with Gasteiger partial charge in [0.2, 0.25) is 0 Å². The van der Waals surface area contributed by atoms with Gasteiger partial charge in [-0.25, -0.2) is 17.2 Å².